The van der Waals surface area contributed by atoms with E-state index < -0.39 is 0 Å². The van der Waals surface area contributed by atoms with Gasteiger partial charge in [-0.3, -0.25) is 14.8 Å². The molecule has 0 bridgehead atoms. The molecule has 0 aliphatic rings. The number of hydrogen-bond acceptors (Lipinski definition) is 4. The first-order chi connectivity index (χ1) is 7.77. The summed E-state index contributed by atoms with van der Waals surface area (Å²) in [6.45, 7) is 0. The largest absolute Gasteiger partial charge is 0.397 e. The number of aromatic nitrogens is 2. The fourth-order valence-corrected chi connectivity index (χ4v) is 1.25. The molecule has 0 aromatic carbocycles. The zero-order valence-corrected chi connectivity index (χ0v) is 8.42. The predicted molar refractivity (Wildman–Crippen MR) is 60.8 cm³/mol. The standard InChI is InChI=1S/C11H10N4O/c12-10-7-14-5-3-9(10)11(16)15-8-2-1-4-13-6-8/h1-7H,12H2,(H,15,16). The Labute approximate surface area is 92.3 Å². The number of amides is 1. The maximum absolute atomic E-state index is 11.8. The highest BCUT2D eigenvalue weighted by Gasteiger charge is 2.08. The van der Waals surface area contributed by atoms with E-state index in [-0.39, 0.29) is 5.91 Å². The minimum absolute atomic E-state index is 0.270. The van der Waals surface area contributed by atoms with Crippen LogP contribution in [0.3, 0.4) is 0 Å². The van der Waals surface area contributed by atoms with Crippen LogP contribution in [0.5, 0.6) is 0 Å². The molecule has 5 heteroatoms. The maximum atomic E-state index is 11.8. The van der Waals surface area contributed by atoms with Crippen LogP contribution in [0.25, 0.3) is 0 Å². The van der Waals surface area contributed by atoms with Crippen LogP contribution in [0.1, 0.15) is 10.4 Å². The topological polar surface area (TPSA) is 80.9 Å². The molecule has 0 fully saturated rings. The quantitative estimate of drug-likeness (QED) is 0.789. The predicted octanol–water partition coefficient (Wildman–Crippen LogP) is 1.31. The molecular formula is C11H10N4O. The van der Waals surface area contributed by atoms with Gasteiger partial charge in [0.1, 0.15) is 0 Å². The number of nitrogen functional groups attached to an aromatic ring is 1. The highest BCUT2D eigenvalue weighted by Crippen LogP contribution is 2.11. The number of pyridine rings is 2. The molecule has 80 valence electrons. The van der Waals surface area contributed by atoms with E-state index in [0.29, 0.717) is 16.9 Å². The Morgan fingerprint density at radius 3 is 2.69 bits per heavy atom. The third kappa shape index (κ3) is 2.14. The summed E-state index contributed by atoms with van der Waals surface area (Å²) < 4.78 is 0. The summed E-state index contributed by atoms with van der Waals surface area (Å²) in [4.78, 5) is 19.5. The Kier molecular flexibility index (Phi) is 2.77. The fraction of sp³-hybridized carbons (Fsp3) is 0. The van der Waals surface area contributed by atoms with Crippen molar-refractivity contribution in [2.75, 3.05) is 11.1 Å². The van der Waals surface area contributed by atoms with Crippen molar-refractivity contribution in [1.29, 1.82) is 0 Å². The molecule has 2 heterocycles. The van der Waals surface area contributed by atoms with E-state index in [9.17, 15) is 4.79 Å². The van der Waals surface area contributed by atoms with E-state index in [2.05, 4.69) is 15.3 Å². The minimum atomic E-state index is -0.270. The highest BCUT2D eigenvalue weighted by atomic mass is 16.1. The maximum Gasteiger partial charge on any atom is 0.257 e. The molecule has 0 spiro atoms. The Hall–Kier alpha value is -2.43. The highest BCUT2D eigenvalue weighted by molar-refractivity contribution is 6.07. The monoisotopic (exact) mass is 214 g/mol. The van der Waals surface area contributed by atoms with Gasteiger partial charge >= 0.3 is 0 Å². The molecule has 2 aromatic rings. The summed E-state index contributed by atoms with van der Waals surface area (Å²) in [7, 11) is 0. The average Bonchev–Trinajstić information content (AvgIpc) is 2.31. The van der Waals surface area contributed by atoms with E-state index >= 15 is 0 Å². The molecule has 3 N–H and O–H groups in total. The zero-order valence-electron chi connectivity index (χ0n) is 8.42. The lowest BCUT2D eigenvalue weighted by molar-refractivity contribution is 0.102. The second kappa shape index (κ2) is 4.39. The molecule has 0 saturated carbocycles. The summed E-state index contributed by atoms with van der Waals surface area (Å²) in [5, 5.41) is 2.69. The summed E-state index contributed by atoms with van der Waals surface area (Å²) in [5.74, 6) is -0.270. The van der Waals surface area contributed by atoms with Gasteiger partial charge in [-0.1, -0.05) is 0 Å². The Morgan fingerprint density at radius 1 is 1.19 bits per heavy atom. The van der Waals surface area contributed by atoms with Crippen LogP contribution >= 0.6 is 0 Å². The average molecular weight is 214 g/mol. The van der Waals surface area contributed by atoms with Gasteiger partial charge in [0.15, 0.2) is 0 Å². The van der Waals surface area contributed by atoms with Crippen LogP contribution in [0.4, 0.5) is 11.4 Å². The van der Waals surface area contributed by atoms with Crippen molar-refractivity contribution in [3.63, 3.8) is 0 Å². The van der Waals surface area contributed by atoms with E-state index in [4.69, 9.17) is 5.73 Å². The van der Waals surface area contributed by atoms with Gasteiger partial charge in [-0.15, -0.1) is 0 Å². The van der Waals surface area contributed by atoms with Crippen LogP contribution in [0, 0.1) is 0 Å². The lowest BCUT2D eigenvalue weighted by Gasteiger charge is -2.05. The molecule has 0 atom stereocenters. The number of nitrogens with two attached hydrogens (primary N) is 1. The van der Waals surface area contributed by atoms with Crippen LogP contribution in [-0.4, -0.2) is 15.9 Å². The Balaban J connectivity index is 2.19. The normalized spacial score (nSPS) is 9.75. The van der Waals surface area contributed by atoms with Gasteiger partial charge in [0.2, 0.25) is 0 Å². The first-order valence-corrected chi connectivity index (χ1v) is 4.68. The van der Waals surface area contributed by atoms with Gasteiger partial charge < -0.3 is 11.1 Å². The molecule has 5 nitrogen and oxygen atoms in total. The number of hydrogen-bond donors (Lipinski definition) is 2. The summed E-state index contributed by atoms with van der Waals surface area (Å²) in [6, 6.07) is 5.06. The first-order valence-electron chi connectivity index (χ1n) is 4.68. The van der Waals surface area contributed by atoms with Gasteiger partial charge in [0.05, 0.1) is 29.3 Å². The van der Waals surface area contributed by atoms with Gasteiger partial charge in [-0.25, -0.2) is 0 Å². The van der Waals surface area contributed by atoms with E-state index in [1.807, 2.05) is 0 Å². The molecule has 0 aliphatic heterocycles. The van der Waals surface area contributed by atoms with E-state index in [1.54, 1.807) is 30.6 Å². The SMILES string of the molecule is Nc1cnccc1C(=O)Nc1cccnc1. The van der Waals surface area contributed by atoms with Gasteiger partial charge in [0, 0.05) is 12.4 Å². The molecule has 2 rings (SSSR count). The summed E-state index contributed by atoms with van der Waals surface area (Å²) in [5.41, 5.74) is 7.02. The molecule has 1 amide bonds. The van der Waals surface area contributed by atoms with Gasteiger partial charge in [-0.2, -0.15) is 0 Å². The Morgan fingerprint density at radius 2 is 2.00 bits per heavy atom. The number of rotatable bonds is 2. The van der Waals surface area contributed by atoms with Crippen molar-refractivity contribution < 1.29 is 4.79 Å². The first kappa shape index (κ1) is 10.1. The van der Waals surface area contributed by atoms with Crippen molar-refractivity contribution >= 4 is 17.3 Å². The van der Waals surface area contributed by atoms with Crippen molar-refractivity contribution in [3.05, 3.63) is 48.5 Å². The second-order valence-electron chi connectivity index (χ2n) is 3.16. The van der Waals surface area contributed by atoms with Crippen molar-refractivity contribution in [3.8, 4) is 0 Å². The van der Waals surface area contributed by atoms with Crippen LogP contribution in [0.15, 0.2) is 43.0 Å². The fourth-order valence-electron chi connectivity index (χ4n) is 1.25. The van der Waals surface area contributed by atoms with Crippen LogP contribution < -0.4 is 11.1 Å². The third-order valence-electron chi connectivity index (χ3n) is 2.02. The Bertz CT molecular complexity index is 498. The number of nitrogens with one attached hydrogen (secondary N) is 1. The smallest absolute Gasteiger partial charge is 0.257 e. The summed E-state index contributed by atoms with van der Waals surface area (Å²) in [6.07, 6.45) is 6.17. The minimum Gasteiger partial charge on any atom is -0.397 e. The lowest BCUT2D eigenvalue weighted by Crippen LogP contribution is -2.14. The number of anilines is 2. The van der Waals surface area contributed by atoms with Crippen molar-refractivity contribution in [1.82, 2.24) is 9.97 Å². The molecule has 0 radical (unpaired) electrons. The third-order valence-corrected chi connectivity index (χ3v) is 2.02. The number of carbonyl (C=O) groups excluding carboxylic acids is 1. The molecule has 2 aromatic heterocycles. The molecule has 0 aliphatic carbocycles. The van der Waals surface area contributed by atoms with Crippen molar-refractivity contribution in [2.45, 2.75) is 0 Å². The zero-order chi connectivity index (χ0) is 11.4. The van der Waals surface area contributed by atoms with Gasteiger partial charge in [-0.05, 0) is 18.2 Å². The number of nitrogens with zero attached hydrogens (tertiary/aromatic N) is 2. The van der Waals surface area contributed by atoms with E-state index in [0.717, 1.165) is 0 Å². The molecule has 16 heavy (non-hydrogen) atoms. The second-order valence-corrected chi connectivity index (χ2v) is 3.16. The summed E-state index contributed by atoms with van der Waals surface area (Å²) >= 11 is 0. The van der Waals surface area contributed by atoms with E-state index in [1.165, 1.54) is 12.4 Å². The number of carbonyl (C=O) groups is 1. The van der Waals surface area contributed by atoms with Gasteiger partial charge in [0.25, 0.3) is 5.91 Å². The molecule has 0 unspecified atom stereocenters. The van der Waals surface area contributed by atoms with Crippen molar-refractivity contribution in [2.24, 2.45) is 0 Å². The lowest BCUT2D eigenvalue weighted by atomic mass is 10.2. The van der Waals surface area contributed by atoms with Crippen LogP contribution in [-0.2, 0) is 0 Å². The molecular weight excluding hydrogens is 204 g/mol. The van der Waals surface area contributed by atoms with Crippen LogP contribution in [0.2, 0.25) is 0 Å². The molecule has 0 saturated heterocycles.